The van der Waals surface area contributed by atoms with Gasteiger partial charge in [-0.15, -0.1) is 11.8 Å². The van der Waals surface area contributed by atoms with Gasteiger partial charge in [-0.05, 0) is 42.9 Å². The Labute approximate surface area is 122 Å². The molecule has 2 aromatic rings. The molecule has 18 heavy (non-hydrogen) atoms. The van der Waals surface area contributed by atoms with Gasteiger partial charge in [0.2, 0.25) is 0 Å². The van der Waals surface area contributed by atoms with Crippen LogP contribution in [0.4, 0.5) is 0 Å². The smallest absolute Gasteiger partial charge is 0.0435 e. The second-order valence-corrected chi connectivity index (χ2v) is 6.42. The lowest BCUT2D eigenvalue weighted by atomic mass is 10.0. The molecule has 0 heterocycles. The molecule has 1 unspecified atom stereocenters. The number of hydrogen-bond acceptors (Lipinski definition) is 1. The standard InChI is InChI=1S/C16H17BrS/c1-12-3-5-13(6-4-12)11-16(17)14-7-9-15(18-2)10-8-14/h3-10,16H,11H2,1-2H3. The molecule has 0 amide bonds. The minimum absolute atomic E-state index is 0.385. The lowest BCUT2D eigenvalue weighted by Crippen LogP contribution is -1.95. The van der Waals surface area contributed by atoms with Crippen LogP contribution in [0.25, 0.3) is 0 Å². The molecule has 0 aromatic heterocycles. The van der Waals surface area contributed by atoms with Gasteiger partial charge in [0, 0.05) is 9.72 Å². The number of hydrogen-bond donors (Lipinski definition) is 0. The molecule has 94 valence electrons. The monoisotopic (exact) mass is 320 g/mol. The molecule has 1 atom stereocenters. The summed E-state index contributed by atoms with van der Waals surface area (Å²) in [5, 5.41) is 0. The molecular weight excluding hydrogens is 304 g/mol. The highest BCUT2D eigenvalue weighted by Gasteiger charge is 2.08. The van der Waals surface area contributed by atoms with Crippen LogP contribution in [0.2, 0.25) is 0 Å². The molecule has 0 aliphatic heterocycles. The van der Waals surface area contributed by atoms with Crippen LogP contribution in [-0.2, 0) is 6.42 Å². The van der Waals surface area contributed by atoms with E-state index >= 15 is 0 Å². The van der Waals surface area contributed by atoms with E-state index in [0.717, 1.165) is 6.42 Å². The third kappa shape index (κ3) is 3.63. The van der Waals surface area contributed by atoms with Crippen molar-refractivity contribution >= 4 is 27.7 Å². The quantitative estimate of drug-likeness (QED) is 0.537. The summed E-state index contributed by atoms with van der Waals surface area (Å²) in [5.74, 6) is 0. The van der Waals surface area contributed by atoms with Gasteiger partial charge >= 0.3 is 0 Å². The summed E-state index contributed by atoms with van der Waals surface area (Å²) in [6.07, 6.45) is 3.13. The summed E-state index contributed by atoms with van der Waals surface area (Å²) in [6, 6.07) is 17.5. The fraction of sp³-hybridized carbons (Fsp3) is 0.250. The van der Waals surface area contributed by atoms with Crippen LogP contribution < -0.4 is 0 Å². The van der Waals surface area contributed by atoms with Crippen molar-refractivity contribution in [1.29, 1.82) is 0 Å². The first-order valence-electron chi connectivity index (χ1n) is 6.02. The fourth-order valence-electron chi connectivity index (χ4n) is 1.86. The first-order valence-corrected chi connectivity index (χ1v) is 8.16. The predicted octanol–water partition coefficient (Wildman–Crippen LogP) is 5.40. The van der Waals surface area contributed by atoms with Gasteiger partial charge in [-0.3, -0.25) is 0 Å². The van der Waals surface area contributed by atoms with E-state index in [-0.39, 0.29) is 0 Å². The van der Waals surface area contributed by atoms with Crippen LogP contribution in [0.3, 0.4) is 0 Å². The van der Waals surface area contributed by atoms with Crippen molar-refractivity contribution in [3.8, 4) is 0 Å². The predicted molar refractivity (Wildman–Crippen MR) is 84.8 cm³/mol. The summed E-state index contributed by atoms with van der Waals surface area (Å²) in [4.78, 5) is 1.70. The Morgan fingerprint density at radius 3 is 2.17 bits per heavy atom. The highest BCUT2D eigenvalue weighted by atomic mass is 79.9. The Morgan fingerprint density at radius 1 is 1.00 bits per heavy atom. The van der Waals surface area contributed by atoms with Crippen LogP contribution >= 0.6 is 27.7 Å². The topological polar surface area (TPSA) is 0 Å². The zero-order valence-electron chi connectivity index (χ0n) is 10.7. The van der Waals surface area contributed by atoms with E-state index in [1.165, 1.54) is 21.6 Å². The van der Waals surface area contributed by atoms with Gasteiger partial charge in [-0.25, -0.2) is 0 Å². The van der Waals surface area contributed by atoms with Crippen molar-refractivity contribution in [1.82, 2.24) is 0 Å². The van der Waals surface area contributed by atoms with Gasteiger partial charge < -0.3 is 0 Å². The average molecular weight is 321 g/mol. The molecule has 2 aromatic carbocycles. The van der Waals surface area contributed by atoms with Crippen molar-refractivity contribution in [2.45, 2.75) is 23.1 Å². The molecule has 0 radical (unpaired) electrons. The second-order valence-electron chi connectivity index (χ2n) is 4.43. The minimum atomic E-state index is 0.385. The number of benzene rings is 2. The SMILES string of the molecule is CSc1ccc(C(Br)Cc2ccc(C)cc2)cc1. The third-order valence-corrected chi connectivity index (χ3v) is 4.61. The molecule has 2 heteroatoms. The van der Waals surface area contributed by atoms with Crippen LogP contribution in [0.15, 0.2) is 53.4 Å². The first kappa shape index (κ1) is 13.7. The van der Waals surface area contributed by atoms with Crippen molar-refractivity contribution in [2.75, 3.05) is 6.26 Å². The van der Waals surface area contributed by atoms with Crippen LogP contribution in [0.5, 0.6) is 0 Å². The summed E-state index contributed by atoms with van der Waals surface area (Å²) >= 11 is 5.56. The third-order valence-electron chi connectivity index (χ3n) is 3.01. The Morgan fingerprint density at radius 2 is 1.61 bits per heavy atom. The van der Waals surface area contributed by atoms with E-state index in [1.54, 1.807) is 11.8 Å². The van der Waals surface area contributed by atoms with E-state index in [9.17, 15) is 0 Å². The molecule has 0 N–H and O–H groups in total. The number of thioether (sulfide) groups is 1. The van der Waals surface area contributed by atoms with Crippen molar-refractivity contribution in [3.05, 3.63) is 65.2 Å². The summed E-state index contributed by atoms with van der Waals surface area (Å²) in [5.41, 5.74) is 4.03. The van der Waals surface area contributed by atoms with E-state index in [1.807, 2.05) is 0 Å². The molecule has 0 spiro atoms. The van der Waals surface area contributed by atoms with E-state index in [2.05, 4.69) is 77.6 Å². The summed E-state index contributed by atoms with van der Waals surface area (Å²) in [6.45, 7) is 2.12. The fourth-order valence-corrected chi connectivity index (χ4v) is 2.95. The highest BCUT2D eigenvalue weighted by Crippen LogP contribution is 2.28. The van der Waals surface area contributed by atoms with Gasteiger partial charge in [0.1, 0.15) is 0 Å². The molecule has 0 aliphatic carbocycles. The van der Waals surface area contributed by atoms with Crippen LogP contribution in [0.1, 0.15) is 21.5 Å². The molecule has 0 bridgehead atoms. The normalized spacial score (nSPS) is 12.4. The summed E-state index contributed by atoms with van der Waals surface area (Å²) < 4.78 is 0. The molecule has 0 aliphatic rings. The highest BCUT2D eigenvalue weighted by molar-refractivity contribution is 9.09. The van der Waals surface area contributed by atoms with E-state index in [4.69, 9.17) is 0 Å². The Hall–Kier alpha value is -0.730. The molecule has 2 rings (SSSR count). The minimum Gasteiger partial charge on any atom is -0.130 e. The zero-order chi connectivity index (χ0) is 13.0. The van der Waals surface area contributed by atoms with E-state index in [0.29, 0.717) is 4.83 Å². The molecule has 0 saturated heterocycles. The lowest BCUT2D eigenvalue weighted by molar-refractivity contribution is 0.946. The van der Waals surface area contributed by atoms with Gasteiger partial charge in [0.05, 0.1) is 0 Å². The average Bonchev–Trinajstić information content (AvgIpc) is 2.41. The number of rotatable bonds is 4. The maximum atomic E-state index is 3.78. The Bertz CT molecular complexity index is 488. The Kier molecular flexibility index (Phi) is 4.90. The maximum absolute atomic E-state index is 3.78. The van der Waals surface area contributed by atoms with Gasteiger partial charge in [0.25, 0.3) is 0 Å². The van der Waals surface area contributed by atoms with Crippen LogP contribution in [-0.4, -0.2) is 6.26 Å². The molecule has 0 nitrogen and oxygen atoms in total. The van der Waals surface area contributed by atoms with Gasteiger partial charge in [0.15, 0.2) is 0 Å². The maximum Gasteiger partial charge on any atom is 0.0435 e. The number of halogens is 1. The van der Waals surface area contributed by atoms with Gasteiger partial charge in [-0.1, -0.05) is 57.9 Å². The summed E-state index contributed by atoms with van der Waals surface area (Å²) in [7, 11) is 0. The largest absolute Gasteiger partial charge is 0.130 e. The van der Waals surface area contributed by atoms with E-state index < -0.39 is 0 Å². The number of alkyl halides is 1. The molecule has 0 fully saturated rings. The number of aryl methyl sites for hydroxylation is 1. The van der Waals surface area contributed by atoms with Gasteiger partial charge in [-0.2, -0.15) is 0 Å². The first-order chi connectivity index (χ1) is 8.69. The zero-order valence-corrected chi connectivity index (χ0v) is 13.1. The second kappa shape index (κ2) is 6.44. The van der Waals surface area contributed by atoms with Crippen LogP contribution in [0, 0.1) is 6.92 Å². The van der Waals surface area contributed by atoms with Crippen molar-refractivity contribution in [3.63, 3.8) is 0 Å². The molecule has 0 saturated carbocycles. The lowest BCUT2D eigenvalue weighted by Gasteiger charge is -2.11. The van der Waals surface area contributed by atoms with Crippen molar-refractivity contribution < 1.29 is 0 Å². The molecular formula is C16H17BrS. The van der Waals surface area contributed by atoms with Crippen molar-refractivity contribution in [2.24, 2.45) is 0 Å². The Balaban J connectivity index is 2.06.